The first kappa shape index (κ1) is 19.7. The number of hydrogen-bond donors (Lipinski definition) is 0. The third kappa shape index (κ3) is 4.94. The zero-order chi connectivity index (χ0) is 19.0. The lowest BCUT2D eigenvalue weighted by atomic mass is 10.00. The van der Waals surface area contributed by atoms with E-state index in [9.17, 15) is 39.3 Å². The van der Waals surface area contributed by atoms with Gasteiger partial charge >= 0.3 is 12.4 Å². The summed E-state index contributed by atoms with van der Waals surface area (Å²) >= 11 is 0. The topological polar surface area (TPSA) is 60.2 Å². The van der Waals surface area contributed by atoms with E-state index in [-0.39, 0.29) is 43.1 Å². The van der Waals surface area contributed by atoms with Gasteiger partial charge in [-0.3, -0.25) is 0 Å². The maximum absolute atomic E-state index is 13.1. The minimum absolute atomic E-state index is 0.0150. The minimum atomic E-state index is -4.93. The van der Waals surface area contributed by atoms with E-state index in [1.165, 1.54) is 10.8 Å². The predicted molar refractivity (Wildman–Crippen MR) is 74.8 cm³/mol. The number of fused-ring (bicyclic) bond motifs is 1. The summed E-state index contributed by atoms with van der Waals surface area (Å²) in [6, 6.07) is 0.749. The Morgan fingerprint density at radius 3 is 2.20 bits per heavy atom. The highest BCUT2D eigenvalue weighted by Crippen LogP contribution is 2.42. The van der Waals surface area contributed by atoms with Gasteiger partial charge in [-0.25, -0.2) is 13.0 Å². The summed E-state index contributed by atoms with van der Waals surface area (Å²) in [5.41, 5.74) is -3.19. The van der Waals surface area contributed by atoms with Crippen molar-refractivity contribution in [3.05, 3.63) is 28.8 Å². The Bertz CT molecular complexity index is 796. The van der Waals surface area contributed by atoms with Gasteiger partial charge in [0.25, 0.3) is 0 Å². The second kappa shape index (κ2) is 6.60. The SMILES string of the molecule is O=S(=O)([O-])CCCC[N+]1=CCc2c1cc(C(F)(F)F)cc2C(F)(F)F. The number of rotatable bonds is 5. The molecular formula is C14H13F6NO3S. The first-order chi connectivity index (χ1) is 11.3. The molecule has 0 aromatic heterocycles. The average molecular weight is 389 g/mol. The van der Waals surface area contributed by atoms with Crippen LogP contribution >= 0.6 is 0 Å². The molecule has 1 heterocycles. The van der Waals surface area contributed by atoms with Crippen molar-refractivity contribution in [3.63, 3.8) is 0 Å². The smallest absolute Gasteiger partial charge is 0.416 e. The molecule has 0 aliphatic carbocycles. The van der Waals surface area contributed by atoms with Crippen LogP contribution in [0.15, 0.2) is 12.1 Å². The summed E-state index contributed by atoms with van der Waals surface area (Å²) in [6.45, 7) is 0.0150. The van der Waals surface area contributed by atoms with E-state index in [1.807, 2.05) is 0 Å². The molecule has 1 aliphatic rings. The van der Waals surface area contributed by atoms with E-state index in [0.29, 0.717) is 6.07 Å². The molecule has 0 saturated carbocycles. The van der Waals surface area contributed by atoms with Gasteiger partial charge in [0.1, 0.15) is 12.8 Å². The van der Waals surface area contributed by atoms with Crippen LogP contribution in [0.3, 0.4) is 0 Å². The van der Waals surface area contributed by atoms with Crippen LogP contribution in [-0.4, -0.2) is 36.1 Å². The van der Waals surface area contributed by atoms with E-state index < -0.39 is 39.4 Å². The molecule has 140 valence electrons. The molecule has 0 fully saturated rings. The molecule has 0 amide bonds. The molecule has 0 saturated heterocycles. The van der Waals surface area contributed by atoms with Crippen LogP contribution in [0.5, 0.6) is 0 Å². The van der Waals surface area contributed by atoms with Gasteiger partial charge in [-0.15, -0.1) is 0 Å². The van der Waals surface area contributed by atoms with Gasteiger partial charge in [-0.05, 0) is 12.5 Å². The minimum Gasteiger partial charge on any atom is -0.748 e. The summed E-state index contributed by atoms with van der Waals surface area (Å²) in [5, 5.41) is 0. The number of nitrogens with zero attached hydrogens (tertiary/aromatic N) is 1. The fraction of sp³-hybridized carbons (Fsp3) is 0.500. The maximum Gasteiger partial charge on any atom is 0.416 e. The molecule has 1 aromatic rings. The molecule has 2 rings (SSSR count). The summed E-state index contributed by atoms with van der Waals surface area (Å²) in [4.78, 5) is 0. The fourth-order valence-electron chi connectivity index (χ4n) is 2.62. The summed E-state index contributed by atoms with van der Waals surface area (Å²) in [7, 11) is -4.41. The third-order valence-electron chi connectivity index (χ3n) is 3.73. The van der Waals surface area contributed by atoms with Crippen LogP contribution in [-0.2, 0) is 28.9 Å². The highest BCUT2D eigenvalue weighted by molar-refractivity contribution is 7.85. The Morgan fingerprint density at radius 1 is 1.04 bits per heavy atom. The van der Waals surface area contributed by atoms with Crippen LogP contribution in [0.1, 0.15) is 29.5 Å². The fourth-order valence-corrected chi connectivity index (χ4v) is 3.17. The monoisotopic (exact) mass is 389 g/mol. The molecule has 0 spiro atoms. The Hall–Kier alpha value is -1.62. The Kier molecular flexibility index (Phi) is 5.20. The predicted octanol–water partition coefficient (Wildman–Crippen LogP) is 3.32. The first-order valence-corrected chi connectivity index (χ1v) is 8.71. The van der Waals surface area contributed by atoms with Crippen molar-refractivity contribution in [2.75, 3.05) is 12.3 Å². The average Bonchev–Trinajstić information content (AvgIpc) is 2.82. The van der Waals surface area contributed by atoms with Gasteiger partial charge in [0.05, 0.1) is 27.7 Å². The van der Waals surface area contributed by atoms with Gasteiger partial charge in [-0.1, -0.05) is 0 Å². The Labute approximate surface area is 139 Å². The van der Waals surface area contributed by atoms with Crippen molar-refractivity contribution in [2.45, 2.75) is 31.6 Å². The molecule has 0 bridgehead atoms. The number of hydrogen-bond acceptors (Lipinski definition) is 3. The van der Waals surface area contributed by atoms with Crippen molar-refractivity contribution >= 4 is 22.0 Å². The Balaban J connectivity index is 2.29. The van der Waals surface area contributed by atoms with Crippen molar-refractivity contribution in [3.8, 4) is 0 Å². The van der Waals surface area contributed by atoms with E-state index in [0.717, 1.165) is 0 Å². The second-order valence-electron chi connectivity index (χ2n) is 5.57. The number of halogens is 6. The lowest BCUT2D eigenvalue weighted by Crippen LogP contribution is -2.14. The molecule has 0 unspecified atom stereocenters. The largest absolute Gasteiger partial charge is 0.748 e. The molecular weight excluding hydrogens is 376 g/mol. The van der Waals surface area contributed by atoms with Gasteiger partial charge in [0.2, 0.25) is 5.69 Å². The van der Waals surface area contributed by atoms with Crippen LogP contribution in [0.2, 0.25) is 0 Å². The van der Waals surface area contributed by atoms with E-state index in [1.54, 1.807) is 0 Å². The van der Waals surface area contributed by atoms with E-state index in [2.05, 4.69) is 0 Å². The van der Waals surface area contributed by atoms with Crippen molar-refractivity contribution in [2.24, 2.45) is 0 Å². The molecule has 0 atom stereocenters. The standard InChI is InChI=1S/C14H13F6NO3S/c15-13(16,17)9-7-11(14(18,19)20)10-3-5-21(12(10)8-9)4-1-2-6-25(22,23)24/h5,7-8H,1-4,6H2. The summed E-state index contributed by atoms with van der Waals surface area (Å²) in [5.74, 6) is -0.635. The number of alkyl halides is 6. The van der Waals surface area contributed by atoms with Crippen LogP contribution in [0, 0.1) is 0 Å². The molecule has 1 aliphatic heterocycles. The van der Waals surface area contributed by atoms with Crippen LogP contribution in [0.4, 0.5) is 32.0 Å². The Morgan fingerprint density at radius 2 is 1.68 bits per heavy atom. The zero-order valence-corrected chi connectivity index (χ0v) is 13.4. The number of unbranched alkanes of at least 4 members (excludes halogenated alkanes) is 1. The molecule has 25 heavy (non-hydrogen) atoms. The second-order valence-corrected chi connectivity index (χ2v) is 7.09. The van der Waals surface area contributed by atoms with Crippen molar-refractivity contribution < 1.29 is 43.9 Å². The summed E-state index contributed by atoms with van der Waals surface area (Å²) < 4.78 is 111. The highest BCUT2D eigenvalue weighted by Gasteiger charge is 2.42. The lowest BCUT2D eigenvalue weighted by molar-refractivity contribution is -0.433. The quantitative estimate of drug-likeness (QED) is 0.336. The van der Waals surface area contributed by atoms with E-state index >= 15 is 0 Å². The maximum atomic E-state index is 13.1. The molecule has 0 N–H and O–H groups in total. The highest BCUT2D eigenvalue weighted by atomic mass is 32.2. The zero-order valence-electron chi connectivity index (χ0n) is 12.6. The van der Waals surface area contributed by atoms with Crippen molar-refractivity contribution in [1.82, 2.24) is 0 Å². The van der Waals surface area contributed by atoms with Gasteiger partial charge < -0.3 is 4.55 Å². The third-order valence-corrected chi connectivity index (χ3v) is 4.52. The molecule has 4 nitrogen and oxygen atoms in total. The molecule has 0 radical (unpaired) electrons. The van der Waals surface area contributed by atoms with Gasteiger partial charge in [0.15, 0.2) is 0 Å². The van der Waals surface area contributed by atoms with E-state index in [4.69, 9.17) is 0 Å². The van der Waals surface area contributed by atoms with Gasteiger partial charge in [0, 0.05) is 23.8 Å². The molecule has 1 aromatic carbocycles. The normalized spacial score (nSPS) is 15.2. The van der Waals surface area contributed by atoms with Crippen LogP contribution < -0.4 is 0 Å². The number of benzene rings is 1. The first-order valence-electron chi connectivity index (χ1n) is 7.14. The van der Waals surface area contributed by atoms with Crippen molar-refractivity contribution in [1.29, 1.82) is 0 Å². The molecule has 11 heteroatoms. The summed E-state index contributed by atoms with van der Waals surface area (Å²) in [6.07, 6.45) is -8.61. The van der Waals surface area contributed by atoms with Crippen LogP contribution in [0.25, 0.3) is 0 Å². The lowest BCUT2D eigenvalue weighted by Gasteiger charge is -2.14. The van der Waals surface area contributed by atoms with Gasteiger partial charge in [-0.2, -0.15) is 26.3 Å².